The first kappa shape index (κ1) is 16.5. The Hall–Kier alpha value is -0.920. The Morgan fingerprint density at radius 2 is 2.29 bits per heavy atom. The van der Waals surface area contributed by atoms with Crippen LogP contribution in [0.2, 0.25) is 4.34 Å². The topological polar surface area (TPSA) is 69.6 Å². The molecule has 0 aromatic carbocycles. The van der Waals surface area contributed by atoms with Gasteiger partial charge in [0.1, 0.15) is 0 Å². The molecule has 1 atom stereocenters. The molecule has 2 heterocycles. The molecule has 1 unspecified atom stereocenters. The van der Waals surface area contributed by atoms with Gasteiger partial charge in [0.2, 0.25) is 0 Å². The third-order valence-electron chi connectivity index (χ3n) is 3.18. The number of nitrogens with zero attached hydrogens (tertiary/aromatic N) is 1. The van der Waals surface area contributed by atoms with E-state index in [1.54, 1.807) is 16.7 Å². The number of amides is 2. The summed E-state index contributed by atoms with van der Waals surface area (Å²) in [5, 5.41) is 11.8. The van der Waals surface area contributed by atoms with Gasteiger partial charge in [-0.25, -0.2) is 4.79 Å². The fourth-order valence-electron chi connectivity index (χ4n) is 2.17. The lowest BCUT2D eigenvalue weighted by Gasteiger charge is -2.34. The van der Waals surface area contributed by atoms with E-state index in [2.05, 4.69) is 5.32 Å². The number of thiophene rings is 1. The average Bonchev–Trinajstić information content (AvgIpc) is 2.84. The van der Waals surface area contributed by atoms with Gasteiger partial charge in [0.25, 0.3) is 0 Å². The number of halogens is 1. The summed E-state index contributed by atoms with van der Waals surface area (Å²) in [6.45, 7) is 1.12. The van der Waals surface area contributed by atoms with Gasteiger partial charge >= 0.3 is 12.0 Å². The molecule has 1 aliphatic rings. The summed E-state index contributed by atoms with van der Waals surface area (Å²) in [6, 6.07) is 3.39. The highest BCUT2D eigenvalue weighted by Gasteiger charge is 2.28. The van der Waals surface area contributed by atoms with Gasteiger partial charge in [-0.2, -0.15) is 11.8 Å². The highest BCUT2D eigenvalue weighted by atomic mass is 35.5. The van der Waals surface area contributed by atoms with Gasteiger partial charge in [-0.15, -0.1) is 11.3 Å². The molecule has 8 heteroatoms. The summed E-state index contributed by atoms with van der Waals surface area (Å²) in [6.07, 6.45) is 0.732. The number of thioether (sulfide) groups is 1. The van der Waals surface area contributed by atoms with Gasteiger partial charge in [0, 0.05) is 29.5 Å². The Morgan fingerprint density at radius 3 is 2.95 bits per heavy atom. The number of rotatable bonds is 5. The second-order valence-electron chi connectivity index (χ2n) is 4.71. The highest BCUT2D eigenvalue weighted by molar-refractivity contribution is 7.99. The molecule has 5 nitrogen and oxygen atoms in total. The predicted octanol–water partition coefficient (Wildman–Crippen LogP) is 2.55. The van der Waals surface area contributed by atoms with Gasteiger partial charge in [-0.1, -0.05) is 11.6 Å². The fourth-order valence-corrected chi connectivity index (χ4v) is 4.32. The molecular formula is C13H17ClN2O3S2. The molecule has 1 aromatic rings. The number of urea groups is 1. The van der Waals surface area contributed by atoms with Crippen molar-refractivity contribution < 1.29 is 14.7 Å². The van der Waals surface area contributed by atoms with Crippen molar-refractivity contribution in [1.29, 1.82) is 0 Å². The number of aliphatic carboxylic acids is 1. The maximum atomic E-state index is 12.2. The summed E-state index contributed by atoms with van der Waals surface area (Å²) in [5.74, 6) is 0.665. The summed E-state index contributed by atoms with van der Waals surface area (Å²) in [4.78, 5) is 25.8. The van der Waals surface area contributed by atoms with Crippen molar-refractivity contribution in [3.05, 3.63) is 21.3 Å². The second-order valence-corrected chi connectivity index (χ2v) is 7.66. The Balaban J connectivity index is 1.81. The Kier molecular flexibility index (Phi) is 6.20. The molecule has 0 spiro atoms. The predicted molar refractivity (Wildman–Crippen MR) is 86.5 cm³/mol. The SMILES string of the molecule is O=C(O)CC1CSCCN1C(=O)NCCc1ccc(Cl)s1. The van der Waals surface area contributed by atoms with Crippen molar-refractivity contribution in [2.45, 2.75) is 18.9 Å². The van der Waals surface area contributed by atoms with Crippen LogP contribution in [-0.2, 0) is 11.2 Å². The number of nitrogens with one attached hydrogen (secondary N) is 1. The molecule has 1 saturated heterocycles. The number of carbonyl (C=O) groups is 2. The zero-order chi connectivity index (χ0) is 15.2. The van der Waals surface area contributed by atoms with E-state index in [9.17, 15) is 9.59 Å². The normalized spacial score (nSPS) is 18.5. The minimum Gasteiger partial charge on any atom is -0.481 e. The summed E-state index contributed by atoms with van der Waals surface area (Å²) in [7, 11) is 0. The molecule has 0 saturated carbocycles. The van der Waals surface area contributed by atoms with Crippen LogP contribution in [-0.4, -0.2) is 52.6 Å². The lowest BCUT2D eigenvalue weighted by Crippen LogP contribution is -2.51. The quantitative estimate of drug-likeness (QED) is 0.858. The third-order valence-corrected chi connectivity index (χ3v) is 5.56. The third kappa shape index (κ3) is 5.09. The first-order valence-electron chi connectivity index (χ1n) is 6.64. The Morgan fingerprint density at radius 1 is 1.48 bits per heavy atom. The lowest BCUT2D eigenvalue weighted by molar-refractivity contribution is -0.137. The van der Waals surface area contributed by atoms with Crippen LogP contribution >= 0.6 is 34.7 Å². The molecular weight excluding hydrogens is 332 g/mol. The zero-order valence-electron chi connectivity index (χ0n) is 11.4. The van der Waals surface area contributed by atoms with Gasteiger partial charge < -0.3 is 15.3 Å². The number of carboxylic acid groups (broad SMARTS) is 1. The highest BCUT2D eigenvalue weighted by Crippen LogP contribution is 2.22. The average molecular weight is 349 g/mol. The van der Waals surface area contributed by atoms with Crippen LogP contribution in [0.3, 0.4) is 0 Å². The second kappa shape index (κ2) is 7.91. The maximum Gasteiger partial charge on any atom is 0.317 e. The van der Waals surface area contributed by atoms with Crippen LogP contribution in [0, 0.1) is 0 Å². The van der Waals surface area contributed by atoms with E-state index in [1.807, 2.05) is 12.1 Å². The molecule has 116 valence electrons. The zero-order valence-corrected chi connectivity index (χ0v) is 13.8. The molecule has 0 radical (unpaired) electrons. The van der Waals surface area contributed by atoms with E-state index >= 15 is 0 Å². The first-order chi connectivity index (χ1) is 10.1. The first-order valence-corrected chi connectivity index (χ1v) is 8.99. The molecule has 2 amide bonds. The van der Waals surface area contributed by atoms with Gasteiger partial charge in [0.05, 0.1) is 16.8 Å². The van der Waals surface area contributed by atoms with Crippen LogP contribution in [0.25, 0.3) is 0 Å². The van der Waals surface area contributed by atoms with Crippen LogP contribution < -0.4 is 5.32 Å². The van der Waals surface area contributed by atoms with Crippen molar-refractivity contribution in [1.82, 2.24) is 10.2 Å². The lowest BCUT2D eigenvalue weighted by atomic mass is 10.2. The van der Waals surface area contributed by atoms with E-state index in [1.165, 1.54) is 11.3 Å². The Labute approximate surface area is 136 Å². The molecule has 1 aromatic heterocycles. The van der Waals surface area contributed by atoms with Crippen molar-refractivity contribution in [3.8, 4) is 0 Å². The van der Waals surface area contributed by atoms with Crippen molar-refractivity contribution in [2.24, 2.45) is 0 Å². The number of carbonyl (C=O) groups excluding carboxylic acids is 1. The van der Waals surface area contributed by atoms with Gasteiger partial charge in [-0.3, -0.25) is 4.79 Å². The van der Waals surface area contributed by atoms with Gasteiger partial charge in [-0.05, 0) is 18.6 Å². The van der Waals surface area contributed by atoms with Crippen LogP contribution in [0.5, 0.6) is 0 Å². The number of hydrogen-bond donors (Lipinski definition) is 2. The summed E-state index contributed by atoms with van der Waals surface area (Å²) in [5.41, 5.74) is 0. The standard InChI is InChI=1S/C13H17ClN2O3S2/c14-11-2-1-10(21-11)3-4-15-13(19)16-5-6-20-8-9(16)7-12(17)18/h1-2,9H,3-8H2,(H,15,19)(H,17,18). The van der Waals surface area contributed by atoms with E-state index in [0.29, 0.717) is 18.8 Å². The smallest absolute Gasteiger partial charge is 0.317 e. The van der Waals surface area contributed by atoms with Gasteiger partial charge in [0.15, 0.2) is 0 Å². The Bertz CT molecular complexity index is 509. The van der Waals surface area contributed by atoms with Crippen molar-refractivity contribution in [3.63, 3.8) is 0 Å². The maximum absolute atomic E-state index is 12.2. The molecule has 21 heavy (non-hydrogen) atoms. The van der Waals surface area contributed by atoms with Crippen molar-refractivity contribution >= 4 is 46.7 Å². The number of hydrogen-bond acceptors (Lipinski definition) is 4. The molecule has 0 aliphatic carbocycles. The van der Waals surface area contributed by atoms with E-state index in [0.717, 1.165) is 21.4 Å². The molecule has 1 fully saturated rings. The number of carboxylic acids is 1. The fraction of sp³-hybridized carbons (Fsp3) is 0.538. The van der Waals surface area contributed by atoms with E-state index in [-0.39, 0.29) is 18.5 Å². The molecule has 2 N–H and O–H groups in total. The van der Waals surface area contributed by atoms with Crippen molar-refractivity contribution in [2.75, 3.05) is 24.6 Å². The van der Waals surface area contributed by atoms with Crippen LogP contribution in [0.15, 0.2) is 12.1 Å². The van der Waals surface area contributed by atoms with Crippen LogP contribution in [0.4, 0.5) is 4.79 Å². The molecule has 0 bridgehead atoms. The largest absolute Gasteiger partial charge is 0.481 e. The minimum atomic E-state index is -0.867. The van der Waals surface area contributed by atoms with E-state index in [4.69, 9.17) is 16.7 Å². The minimum absolute atomic E-state index is 0.000945. The summed E-state index contributed by atoms with van der Waals surface area (Å²) < 4.78 is 0.742. The summed E-state index contributed by atoms with van der Waals surface area (Å²) >= 11 is 9.05. The molecule has 2 rings (SSSR count). The van der Waals surface area contributed by atoms with Crippen LogP contribution in [0.1, 0.15) is 11.3 Å². The monoisotopic (exact) mass is 348 g/mol. The van der Waals surface area contributed by atoms with E-state index < -0.39 is 5.97 Å². The molecule has 1 aliphatic heterocycles.